The molecule has 2 aromatic carbocycles. The lowest BCUT2D eigenvalue weighted by atomic mass is 10.0. The maximum absolute atomic E-state index is 14.5. The van der Waals surface area contributed by atoms with Gasteiger partial charge in [0.25, 0.3) is 0 Å². The summed E-state index contributed by atoms with van der Waals surface area (Å²) in [5, 5.41) is 0.435. The van der Waals surface area contributed by atoms with Gasteiger partial charge >= 0.3 is 0 Å². The van der Waals surface area contributed by atoms with Gasteiger partial charge in [0.2, 0.25) is 0 Å². The maximum atomic E-state index is 14.5. The third kappa shape index (κ3) is 2.90. The number of aryl methyl sites for hydroxylation is 1. The molecule has 0 aliphatic carbocycles. The summed E-state index contributed by atoms with van der Waals surface area (Å²) in [4.78, 5) is 12.7. The van der Waals surface area contributed by atoms with Gasteiger partial charge in [-0.2, -0.15) is 0 Å². The van der Waals surface area contributed by atoms with Crippen molar-refractivity contribution in [2.75, 3.05) is 7.11 Å². The van der Waals surface area contributed by atoms with E-state index >= 15 is 0 Å². The van der Waals surface area contributed by atoms with E-state index in [2.05, 4.69) is 15.0 Å². The molecule has 4 rings (SSSR count). The molecule has 0 amide bonds. The molecule has 0 aliphatic rings. The van der Waals surface area contributed by atoms with E-state index in [0.717, 1.165) is 6.07 Å². The number of hydrogen-bond acceptors (Lipinski definition) is 4. The summed E-state index contributed by atoms with van der Waals surface area (Å²) in [7, 11) is 1.55. The van der Waals surface area contributed by atoms with Crippen molar-refractivity contribution in [3.63, 3.8) is 0 Å². The van der Waals surface area contributed by atoms with Crippen LogP contribution < -0.4 is 4.74 Å². The van der Waals surface area contributed by atoms with Crippen LogP contribution in [0.25, 0.3) is 28.0 Å². The van der Waals surface area contributed by atoms with Gasteiger partial charge in [0, 0.05) is 23.3 Å². The third-order valence-electron chi connectivity index (χ3n) is 4.25. The van der Waals surface area contributed by atoms with Crippen molar-refractivity contribution in [2.45, 2.75) is 6.92 Å². The zero-order valence-corrected chi connectivity index (χ0v) is 15.1. The zero-order valence-electron chi connectivity index (χ0n) is 14.4. The molecule has 0 radical (unpaired) electrons. The van der Waals surface area contributed by atoms with Crippen molar-refractivity contribution in [2.24, 2.45) is 0 Å². The van der Waals surface area contributed by atoms with E-state index in [0.29, 0.717) is 33.4 Å². The Morgan fingerprint density at radius 2 is 1.89 bits per heavy atom. The molecule has 5 nitrogen and oxygen atoms in total. The van der Waals surface area contributed by atoms with Crippen LogP contribution in [0.15, 0.2) is 43.0 Å². The van der Waals surface area contributed by atoms with E-state index in [1.807, 2.05) is 0 Å². The fourth-order valence-corrected chi connectivity index (χ4v) is 3.28. The maximum Gasteiger partial charge on any atom is 0.152 e. The Morgan fingerprint density at radius 3 is 2.63 bits per heavy atom. The summed E-state index contributed by atoms with van der Waals surface area (Å²) < 4.78 is 34.6. The largest absolute Gasteiger partial charge is 0.497 e. The van der Waals surface area contributed by atoms with Gasteiger partial charge in [-0.25, -0.2) is 23.7 Å². The molecule has 0 unspecified atom stereocenters. The molecule has 8 heteroatoms. The van der Waals surface area contributed by atoms with Gasteiger partial charge in [0.05, 0.1) is 23.3 Å². The van der Waals surface area contributed by atoms with Gasteiger partial charge in [-0.3, -0.25) is 4.57 Å². The van der Waals surface area contributed by atoms with Crippen LogP contribution in [-0.4, -0.2) is 26.6 Å². The van der Waals surface area contributed by atoms with Crippen molar-refractivity contribution >= 4 is 22.6 Å². The predicted octanol–water partition coefficient (Wildman–Crippen LogP) is 4.73. The first-order chi connectivity index (χ1) is 13.0. The highest BCUT2D eigenvalue weighted by Crippen LogP contribution is 2.36. The molecule has 4 aromatic rings. The van der Waals surface area contributed by atoms with Crippen molar-refractivity contribution in [3.8, 4) is 22.7 Å². The minimum Gasteiger partial charge on any atom is -0.497 e. The van der Waals surface area contributed by atoms with Crippen LogP contribution in [0.3, 0.4) is 0 Å². The molecule has 0 N–H and O–H groups in total. The van der Waals surface area contributed by atoms with Crippen LogP contribution >= 0.6 is 11.6 Å². The Bertz CT molecular complexity index is 1180. The lowest BCUT2D eigenvalue weighted by molar-refractivity contribution is 0.415. The van der Waals surface area contributed by atoms with Gasteiger partial charge in [0.1, 0.15) is 35.6 Å². The second-order valence-corrected chi connectivity index (χ2v) is 6.28. The topological polar surface area (TPSA) is 52.8 Å². The Kier molecular flexibility index (Phi) is 4.24. The monoisotopic (exact) mass is 386 g/mol. The second-order valence-electron chi connectivity index (χ2n) is 5.87. The number of ether oxygens (including phenoxy) is 1. The smallest absolute Gasteiger partial charge is 0.152 e. The van der Waals surface area contributed by atoms with E-state index in [-0.39, 0.29) is 11.0 Å². The standard InChI is InChI=1S/C19H13ClF2N4O/c1-10-17(13-4-3-12(27-2)7-14(13)20)19(24-8-23-10)26-9-25-16-6-11(21)5-15(22)18(16)26/h3-9H,1-2H3. The summed E-state index contributed by atoms with van der Waals surface area (Å²) in [5.41, 5.74) is 2.25. The minimum absolute atomic E-state index is 0.125. The second kappa shape index (κ2) is 6.59. The van der Waals surface area contributed by atoms with Crippen molar-refractivity contribution in [1.29, 1.82) is 0 Å². The summed E-state index contributed by atoms with van der Waals surface area (Å²) in [5.74, 6) is -0.426. The lowest BCUT2D eigenvalue weighted by Crippen LogP contribution is -2.04. The molecular formula is C19H13ClF2N4O. The average Bonchev–Trinajstić information content (AvgIpc) is 3.06. The van der Waals surface area contributed by atoms with Crippen molar-refractivity contribution in [3.05, 3.63) is 65.3 Å². The van der Waals surface area contributed by atoms with E-state index in [4.69, 9.17) is 16.3 Å². The number of fused-ring (bicyclic) bond motifs is 1. The normalized spacial score (nSPS) is 11.1. The van der Waals surface area contributed by atoms with Gasteiger partial charge < -0.3 is 4.74 Å². The molecule has 27 heavy (non-hydrogen) atoms. The number of benzene rings is 2. The van der Waals surface area contributed by atoms with Gasteiger partial charge in [-0.1, -0.05) is 11.6 Å². The molecule has 0 fully saturated rings. The number of nitrogens with zero attached hydrogens (tertiary/aromatic N) is 4. The minimum atomic E-state index is -0.731. The summed E-state index contributed by atoms with van der Waals surface area (Å²) in [6.45, 7) is 1.80. The van der Waals surface area contributed by atoms with Gasteiger partial charge in [-0.15, -0.1) is 0 Å². The molecule has 136 valence electrons. The van der Waals surface area contributed by atoms with Gasteiger partial charge in [0.15, 0.2) is 5.82 Å². The molecule has 0 saturated heterocycles. The Balaban J connectivity index is 2.01. The van der Waals surface area contributed by atoms with E-state index in [9.17, 15) is 8.78 Å². The molecule has 0 spiro atoms. The first-order valence-corrected chi connectivity index (χ1v) is 8.35. The van der Waals surface area contributed by atoms with Crippen molar-refractivity contribution in [1.82, 2.24) is 19.5 Å². The highest BCUT2D eigenvalue weighted by molar-refractivity contribution is 6.33. The average molecular weight is 387 g/mol. The summed E-state index contributed by atoms with van der Waals surface area (Å²) in [6.07, 6.45) is 2.77. The molecule has 2 aromatic heterocycles. The quantitative estimate of drug-likeness (QED) is 0.510. The van der Waals surface area contributed by atoms with Crippen LogP contribution in [0.5, 0.6) is 5.75 Å². The summed E-state index contributed by atoms with van der Waals surface area (Å²) >= 11 is 6.43. The molecule has 0 atom stereocenters. The number of rotatable bonds is 3. The first-order valence-electron chi connectivity index (χ1n) is 7.97. The molecule has 0 saturated carbocycles. The fraction of sp³-hybridized carbons (Fsp3) is 0.105. The van der Waals surface area contributed by atoms with Crippen LogP contribution in [0.1, 0.15) is 5.69 Å². The van der Waals surface area contributed by atoms with Crippen LogP contribution in [-0.2, 0) is 0 Å². The number of aromatic nitrogens is 4. The van der Waals surface area contributed by atoms with Crippen LogP contribution in [0, 0.1) is 18.6 Å². The molecule has 0 bridgehead atoms. The third-order valence-corrected chi connectivity index (χ3v) is 4.56. The molecule has 2 heterocycles. The number of hydrogen-bond donors (Lipinski definition) is 0. The number of imidazole rings is 1. The van der Waals surface area contributed by atoms with E-state index in [1.165, 1.54) is 23.3 Å². The summed E-state index contributed by atoms with van der Waals surface area (Å²) in [6, 6.07) is 7.21. The Hall–Kier alpha value is -3.06. The van der Waals surface area contributed by atoms with Crippen molar-refractivity contribution < 1.29 is 13.5 Å². The SMILES string of the molecule is COc1ccc(-c2c(C)ncnc2-n2cnc3cc(F)cc(F)c32)c(Cl)c1. The highest BCUT2D eigenvalue weighted by Gasteiger charge is 2.19. The zero-order chi connectivity index (χ0) is 19.1. The molecular weight excluding hydrogens is 374 g/mol. The molecule has 0 aliphatic heterocycles. The fourth-order valence-electron chi connectivity index (χ4n) is 3.01. The van der Waals surface area contributed by atoms with Crippen LogP contribution in [0.4, 0.5) is 8.78 Å². The van der Waals surface area contributed by atoms with Crippen LogP contribution in [0.2, 0.25) is 5.02 Å². The predicted molar refractivity (Wildman–Crippen MR) is 98.3 cm³/mol. The van der Waals surface area contributed by atoms with E-state index < -0.39 is 11.6 Å². The number of methoxy groups -OCH3 is 1. The first kappa shape index (κ1) is 17.4. The Morgan fingerprint density at radius 1 is 1.07 bits per heavy atom. The Labute approximate surface area is 158 Å². The van der Waals surface area contributed by atoms with Gasteiger partial charge in [-0.05, 0) is 25.1 Å². The number of halogens is 3. The highest BCUT2D eigenvalue weighted by atomic mass is 35.5. The lowest BCUT2D eigenvalue weighted by Gasteiger charge is -2.14. The van der Waals surface area contributed by atoms with E-state index in [1.54, 1.807) is 32.2 Å².